The second-order valence-electron chi connectivity index (χ2n) is 9.25. The molecule has 0 fully saturated rings. The van der Waals surface area contributed by atoms with E-state index in [0.717, 1.165) is 17.0 Å². The van der Waals surface area contributed by atoms with E-state index in [-0.39, 0.29) is 22.6 Å². The molecule has 1 atom stereocenters. The quantitative estimate of drug-likeness (QED) is 0.328. The zero-order valence-electron chi connectivity index (χ0n) is 20.3. The number of nitrogens with zero attached hydrogens (tertiary/aromatic N) is 3. The van der Waals surface area contributed by atoms with Gasteiger partial charge < -0.3 is 15.8 Å². The molecule has 13 nitrogen and oxygen atoms in total. The number of nitro benzene ring substituents is 1. The van der Waals surface area contributed by atoms with Gasteiger partial charge in [0, 0.05) is 30.1 Å². The molecule has 3 aromatic rings. The van der Waals surface area contributed by atoms with Gasteiger partial charge in [-0.25, -0.2) is 13.2 Å². The zero-order valence-corrected chi connectivity index (χ0v) is 21.1. The van der Waals surface area contributed by atoms with E-state index in [4.69, 9.17) is 10.5 Å². The van der Waals surface area contributed by atoms with Crippen molar-refractivity contribution >= 4 is 55.7 Å². The number of anilines is 3. The van der Waals surface area contributed by atoms with Crippen molar-refractivity contribution in [2.45, 2.75) is 44.4 Å². The van der Waals surface area contributed by atoms with Crippen molar-refractivity contribution in [2.24, 2.45) is 5.73 Å². The summed E-state index contributed by atoms with van der Waals surface area (Å²) in [5, 5.41) is 14.4. The lowest BCUT2D eigenvalue weighted by atomic mass is 10.1. The van der Waals surface area contributed by atoms with Crippen LogP contribution in [0, 0.1) is 10.1 Å². The van der Waals surface area contributed by atoms with Gasteiger partial charge in [-0.2, -0.15) is 0 Å². The van der Waals surface area contributed by atoms with Crippen LogP contribution in [0.25, 0.3) is 10.9 Å². The molecule has 37 heavy (non-hydrogen) atoms. The van der Waals surface area contributed by atoms with Gasteiger partial charge in [0.1, 0.15) is 11.8 Å². The largest absolute Gasteiger partial charge is 0.443 e. The first-order valence-electron chi connectivity index (χ1n) is 11.0. The summed E-state index contributed by atoms with van der Waals surface area (Å²) in [6.45, 7) is 6.25. The lowest BCUT2D eigenvalue weighted by Gasteiger charge is -2.29. The molecule has 1 aliphatic heterocycles. The predicted molar refractivity (Wildman–Crippen MR) is 136 cm³/mol. The van der Waals surface area contributed by atoms with Crippen molar-refractivity contribution in [3.63, 3.8) is 0 Å². The molecule has 0 bridgehead atoms. The molecule has 2 heterocycles. The van der Waals surface area contributed by atoms with E-state index in [0.29, 0.717) is 10.9 Å². The van der Waals surface area contributed by atoms with Crippen LogP contribution in [0.3, 0.4) is 0 Å². The van der Waals surface area contributed by atoms with E-state index in [2.05, 4.69) is 15.0 Å². The third kappa shape index (κ3) is 4.75. The number of carbonyl (C=O) groups excluding carboxylic acids is 2. The van der Waals surface area contributed by atoms with E-state index in [9.17, 15) is 28.1 Å². The van der Waals surface area contributed by atoms with Crippen molar-refractivity contribution in [2.75, 3.05) is 14.9 Å². The minimum absolute atomic E-state index is 0.0381. The first-order chi connectivity index (χ1) is 17.2. The summed E-state index contributed by atoms with van der Waals surface area (Å²) in [6.07, 6.45) is -0.476. The molecule has 2 aromatic carbocycles. The maximum absolute atomic E-state index is 13.4. The summed E-state index contributed by atoms with van der Waals surface area (Å²) < 4.78 is 34.6. The molecule has 0 spiro atoms. The Morgan fingerprint density at radius 3 is 2.49 bits per heavy atom. The number of rotatable bonds is 5. The molecule has 1 unspecified atom stereocenters. The Hall–Kier alpha value is -4.30. The van der Waals surface area contributed by atoms with E-state index in [1.807, 2.05) is 0 Å². The smallest absolute Gasteiger partial charge is 0.416 e. The minimum atomic E-state index is -4.56. The van der Waals surface area contributed by atoms with Gasteiger partial charge in [0.15, 0.2) is 4.90 Å². The van der Waals surface area contributed by atoms with Crippen LogP contribution in [0.4, 0.5) is 27.5 Å². The molecule has 1 aliphatic rings. The number of hydrogen-bond donors (Lipinski definition) is 3. The van der Waals surface area contributed by atoms with Crippen LogP contribution in [-0.4, -0.2) is 35.9 Å². The van der Waals surface area contributed by atoms with Gasteiger partial charge in [0.05, 0.1) is 27.5 Å². The molecule has 0 radical (unpaired) electrons. The van der Waals surface area contributed by atoms with Gasteiger partial charge in [0.2, 0.25) is 5.91 Å². The second-order valence-corrected chi connectivity index (χ2v) is 10.9. The Bertz CT molecular complexity index is 1570. The Morgan fingerprint density at radius 1 is 1.19 bits per heavy atom. The number of sulfonamides is 1. The topological polar surface area (TPSA) is 187 Å². The first-order valence-corrected chi connectivity index (χ1v) is 12.5. The second kappa shape index (κ2) is 8.97. The lowest BCUT2D eigenvalue weighted by Crippen LogP contribution is -2.40. The minimum Gasteiger partial charge on any atom is -0.443 e. The summed E-state index contributed by atoms with van der Waals surface area (Å²) in [6, 6.07) is 7.66. The zero-order chi connectivity index (χ0) is 27.3. The van der Waals surface area contributed by atoms with Gasteiger partial charge in [-0.05, 0) is 39.0 Å². The van der Waals surface area contributed by atoms with Crippen LogP contribution < -0.4 is 20.7 Å². The molecule has 4 N–H and O–H groups in total. The van der Waals surface area contributed by atoms with Gasteiger partial charge in [-0.1, -0.05) is 12.1 Å². The highest BCUT2D eigenvalue weighted by molar-refractivity contribution is 7.92. The van der Waals surface area contributed by atoms with Crippen LogP contribution in [-0.2, 0) is 19.6 Å². The molecular weight excluding hydrogens is 504 g/mol. The Labute approximate surface area is 211 Å². The number of nitrogens with two attached hydrogens (primary N) is 1. The maximum Gasteiger partial charge on any atom is 0.416 e. The van der Waals surface area contributed by atoms with E-state index >= 15 is 0 Å². The van der Waals surface area contributed by atoms with E-state index in [1.54, 1.807) is 26.8 Å². The first kappa shape index (κ1) is 25.8. The van der Waals surface area contributed by atoms with Crippen LogP contribution in [0.1, 0.15) is 39.4 Å². The number of ether oxygens (including phenoxy) is 1. The third-order valence-electron chi connectivity index (χ3n) is 5.35. The summed E-state index contributed by atoms with van der Waals surface area (Å²) >= 11 is 0. The maximum atomic E-state index is 13.4. The molecule has 14 heteroatoms. The number of carbonyl (C=O) groups is 2. The van der Waals surface area contributed by atoms with Gasteiger partial charge in [-0.15, -0.1) is 0 Å². The number of nitrogens with one attached hydrogen (secondary N) is 2. The number of nitro groups is 1. The fraction of sp³-hybridized carbons (Fsp3) is 0.261. The van der Waals surface area contributed by atoms with Crippen LogP contribution >= 0.6 is 0 Å². The molecule has 0 saturated carbocycles. The van der Waals surface area contributed by atoms with Crippen molar-refractivity contribution < 1.29 is 27.7 Å². The van der Waals surface area contributed by atoms with E-state index < -0.39 is 49.3 Å². The Balaban J connectivity index is 1.98. The van der Waals surface area contributed by atoms with Crippen LogP contribution in [0.2, 0.25) is 0 Å². The number of benzene rings is 2. The molecule has 4 rings (SSSR count). The summed E-state index contributed by atoms with van der Waals surface area (Å²) in [4.78, 5) is 40.6. The lowest BCUT2D eigenvalue weighted by molar-refractivity contribution is -0.387. The van der Waals surface area contributed by atoms with E-state index in [1.165, 1.54) is 31.3 Å². The molecule has 1 aromatic heterocycles. The predicted octanol–water partition coefficient (Wildman–Crippen LogP) is 3.61. The van der Waals surface area contributed by atoms with Crippen molar-refractivity contribution in [3.8, 4) is 0 Å². The number of pyridine rings is 1. The van der Waals surface area contributed by atoms with Crippen molar-refractivity contribution in [1.29, 1.82) is 0 Å². The number of hydrogen-bond acceptors (Lipinski definition) is 9. The van der Waals surface area contributed by atoms with Gasteiger partial charge in [-0.3, -0.25) is 29.5 Å². The van der Waals surface area contributed by atoms with Gasteiger partial charge in [0.25, 0.3) is 15.7 Å². The summed E-state index contributed by atoms with van der Waals surface area (Å²) in [5.41, 5.74) is 5.58. The van der Waals surface area contributed by atoms with Crippen molar-refractivity contribution in [3.05, 3.63) is 58.3 Å². The monoisotopic (exact) mass is 528 g/mol. The average Bonchev–Trinajstić information content (AvgIpc) is 3.09. The Kier molecular flexibility index (Phi) is 6.25. The van der Waals surface area contributed by atoms with Crippen LogP contribution in [0.5, 0.6) is 0 Å². The van der Waals surface area contributed by atoms with Gasteiger partial charge >= 0.3 is 6.09 Å². The number of aromatic nitrogens is 1. The fourth-order valence-corrected chi connectivity index (χ4v) is 5.26. The molecule has 2 amide bonds. The molecule has 194 valence electrons. The fourth-order valence-electron chi connectivity index (χ4n) is 4.03. The van der Waals surface area contributed by atoms with Crippen LogP contribution in [0.15, 0.2) is 47.5 Å². The number of amides is 2. The number of para-hydroxylation sites is 1. The highest BCUT2D eigenvalue weighted by atomic mass is 32.2. The Morgan fingerprint density at radius 2 is 1.86 bits per heavy atom. The average molecular weight is 529 g/mol. The summed E-state index contributed by atoms with van der Waals surface area (Å²) in [5.74, 6) is -0.457. The SMILES string of the molecule is CC(=O)Nc1cc(NS(=O)(=O)c2ccccc2[N+](=O)[O-])c2c3c(ccnc13)C(N)N2C(=O)OC(C)(C)C. The molecule has 0 saturated heterocycles. The summed E-state index contributed by atoms with van der Waals surface area (Å²) in [7, 11) is -4.56. The third-order valence-corrected chi connectivity index (χ3v) is 6.77. The van der Waals surface area contributed by atoms with Crippen molar-refractivity contribution in [1.82, 2.24) is 4.98 Å². The highest BCUT2D eigenvalue weighted by Crippen LogP contribution is 2.49. The highest BCUT2D eigenvalue weighted by Gasteiger charge is 2.40. The standard InChI is InChI=1S/C23H24N6O7S/c1-12(30)26-14-11-15(27-37(34,35)17-8-6-5-7-16(17)29(32)33)20-18-13(9-10-25-19(14)18)21(24)28(20)22(31)36-23(2,3)4/h5-11,21,27H,24H2,1-4H3,(H,26,30). The molecule has 0 aliphatic carbocycles. The molecular formula is C23H24N6O7S. The normalized spacial score (nSPS) is 14.9.